The minimum atomic E-state index is -0.228. The zero-order chi connectivity index (χ0) is 13.4. The summed E-state index contributed by atoms with van der Waals surface area (Å²) >= 11 is 1.58. The number of amides is 1. The Kier molecular flexibility index (Phi) is 5.95. The summed E-state index contributed by atoms with van der Waals surface area (Å²) in [5, 5.41) is 12.3. The van der Waals surface area contributed by atoms with Gasteiger partial charge in [0.25, 0.3) is 5.91 Å². The highest BCUT2D eigenvalue weighted by Gasteiger charge is 2.08. The fraction of sp³-hybridized carbons (Fsp3) is 0.308. The molecule has 18 heavy (non-hydrogen) atoms. The van der Waals surface area contributed by atoms with Gasteiger partial charge in [0.1, 0.15) is 0 Å². The maximum atomic E-state index is 11.7. The fourth-order valence-electron chi connectivity index (χ4n) is 1.30. The lowest BCUT2D eigenvalue weighted by atomic mass is 10.2. The second-order valence-electron chi connectivity index (χ2n) is 3.40. The van der Waals surface area contributed by atoms with Crippen LogP contribution in [0.3, 0.4) is 0 Å². The summed E-state index contributed by atoms with van der Waals surface area (Å²) in [5.41, 5.74) is 0.398. The molecule has 0 spiro atoms. The summed E-state index contributed by atoms with van der Waals surface area (Å²) in [6.45, 7) is 0.540. The molecule has 2 N–H and O–H groups in total. The molecular formula is C13H15NO3S. The van der Waals surface area contributed by atoms with Gasteiger partial charge < -0.3 is 15.2 Å². The number of terminal acetylenes is 1. The SMILES string of the molecule is C#CCSCCNC(=O)c1ccc(OC)c(O)c1. The molecule has 0 aliphatic carbocycles. The Morgan fingerprint density at radius 3 is 3.00 bits per heavy atom. The molecule has 1 amide bonds. The lowest BCUT2D eigenvalue weighted by molar-refractivity contribution is 0.0955. The fourth-order valence-corrected chi connectivity index (χ4v) is 1.81. The minimum Gasteiger partial charge on any atom is -0.504 e. The van der Waals surface area contributed by atoms with E-state index in [1.165, 1.54) is 13.2 Å². The van der Waals surface area contributed by atoms with E-state index in [9.17, 15) is 9.90 Å². The van der Waals surface area contributed by atoms with Gasteiger partial charge in [-0.25, -0.2) is 0 Å². The first-order valence-electron chi connectivity index (χ1n) is 5.35. The van der Waals surface area contributed by atoms with E-state index in [4.69, 9.17) is 11.2 Å². The molecule has 0 bridgehead atoms. The highest BCUT2D eigenvalue weighted by atomic mass is 32.2. The molecule has 0 radical (unpaired) electrons. The van der Waals surface area contributed by atoms with Crippen LogP contribution in [-0.4, -0.2) is 36.2 Å². The lowest BCUT2D eigenvalue weighted by Crippen LogP contribution is -2.25. The first kappa shape index (κ1) is 14.3. The Morgan fingerprint density at radius 1 is 1.61 bits per heavy atom. The average molecular weight is 265 g/mol. The smallest absolute Gasteiger partial charge is 0.251 e. The van der Waals surface area contributed by atoms with Crippen LogP contribution < -0.4 is 10.1 Å². The van der Waals surface area contributed by atoms with Crippen LogP contribution in [0.4, 0.5) is 0 Å². The molecule has 0 fully saturated rings. The molecule has 0 atom stereocenters. The summed E-state index contributed by atoms with van der Waals surface area (Å²) in [6, 6.07) is 4.53. The second-order valence-corrected chi connectivity index (χ2v) is 4.50. The molecule has 5 heteroatoms. The lowest BCUT2D eigenvalue weighted by Gasteiger charge is -2.07. The van der Waals surface area contributed by atoms with Gasteiger partial charge in [-0.3, -0.25) is 4.79 Å². The number of phenols is 1. The predicted octanol–water partition coefficient (Wildman–Crippen LogP) is 1.50. The van der Waals surface area contributed by atoms with Crippen molar-refractivity contribution < 1.29 is 14.6 Å². The molecule has 0 aliphatic rings. The third kappa shape index (κ3) is 4.22. The molecule has 1 aromatic carbocycles. The van der Waals surface area contributed by atoms with Gasteiger partial charge in [-0.2, -0.15) is 0 Å². The van der Waals surface area contributed by atoms with E-state index in [2.05, 4.69) is 11.2 Å². The zero-order valence-corrected chi connectivity index (χ0v) is 10.9. The van der Waals surface area contributed by atoms with Crippen LogP contribution in [0.5, 0.6) is 11.5 Å². The van der Waals surface area contributed by atoms with E-state index in [0.29, 0.717) is 23.6 Å². The molecule has 0 saturated heterocycles. The van der Waals surface area contributed by atoms with E-state index in [-0.39, 0.29) is 11.7 Å². The third-order valence-electron chi connectivity index (χ3n) is 2.16. The number of phenolic OH excluding ortho intramolecular Hbond substituents is 1. The number of methoxy groups -OCH3 is 1. The van der Waals surface area contributed by atoms with Crippen molar-refractivity contribution in [1.29, 1.82) is 0 Å². The Labute approximate surface area is 111 Å². The topological polar surface area (TPSA) is 58.6 Å². The van der Waals surface area contributed by atoms with Crippen LogP contribution in [-0.2, 0) is 0 Å². The van der Waals surface area contributed by atoms with Gasteiger partial charge in [0.05, 0.1) is 12.9 Å². The number of hydrogen-bond donors (Lipinski definition) is 2. The van der Waals surface area contributed by atoms with Gasteiger partial charge in [-0.1, -0.05) is 5.92 Å². The van der Waals surface area contributed by atoms with Gasteiger partial charge in [0.2, 0.25) is 0 Å². The third-order valence-corrected chi connectivity index (χ3v) is 3.02. The molecular weight excluding hydrogens is 250 g/mol. The first-order chi connectivity index (χ1) is 8.69. The monoisotopic (exact) mass is 265 g/mol. The predicted molar refractivity (Wildman–Crippen MR) is 73.2 cm³/mol. The number of benzene rings is 1. The van der Waals surface area contributed by atoms with Crippen molar-refractivity contribution in [1.82, 2.24) is 5.32 Å². The van der Waals surface area contributed by atoms with Crippen molar-refractivity contribution >= 4 is 17.7 Å². The van der Waals surface area contributed by atoms with Crippen LogP contribution in [0, 0.1) is 12.3 Å². The van der Waals surface area contributed by atoms with Gasteiger partial charge in [0, 0.05) is 17.9 Å². The Hall–Kier alpha value is -1.80. The van der Waals surface area contributed by atoms with E-state index >= 15 is 0 Å². The number of nitrogens with one attached hydrogen (secondary N) is 1. The Balaban J connectivity index is 2.47. The number of aromatic hydroxyl groups is 1. The molecule has 96 valence electrons. The highest BCUT2D eigenvalue weighted by molar-refractivity contribution is 7.99. The van der Waals surface area contributed by atoms with Crippen molar-refractivity contribution in [3.63, 3.8) is 0 Å². The van der Waals surface area contributed by atoms with Crippen LogP contribution in [0.25, 0.3) is 0 Å². The van der Waals surface area contributed by atoms with Crippen molar-refractivity contribution in [3.8, 4) is 23.8 Å². The van der Waals surface area contributed by atoms with Gasteiger partial charge >= 0.3 is 0 Å². The van der Waals surface area contributed by atoms with Crippen molar-refractivity contribution in [3.05, 3.63) is 23.8 Å². The van der Waals surface area contributed by atoms with E-state index in [0.717, 1.165) is 5.75 Å². The summed E-state index contributed by atoms with van der Waals surface area (Å²) in [7, 11) is 1.46. The number of thioether (sulfide) groups is 1. The van der Waals surface area contributed by atoms with Crippen molar-refractivity contribution in [2.75, 3.05) is 25.2 Å². The quantitative estimate of drug-likeness (QED) is 0.604. The van der Waals surface area contributed by atoms with Crippen LogP contribution in [0.1, 0.15) is 10.4 Å². The van der Waals surface area contributed by atoms with Gasteiger partial charge in [0.15, 0.2) is 11.5 Å². The molecule has 4 nitrogen and oxygen atoms in total. The average Bonchev–Trinajstić information content (AvgIpc) is 2.38. The minimum absolute atomic E-state index is 0.0492. The number of ether oxygens (including phenoxy) is 1. The molecule has 0 heterocycles. The molecule has 0 unspecified atom stereocenters. The molecule has 1 aromatic rings. The molecule has 0 saturated carbocycles. The van der Waals surface area contributed by atoms with Crippen LogP contribution >= 0.6 is 11.8 Å². The number of hydrogen-bond acceptors (Lipinski definition) is 4. The molecule has 1 rings (SSSR count). The van der Waals surface area contributed by atoms with E-state index in [1.54, 1.807) is 23.9 Å². The van der Waals surface area contributed by atoms with E-state index in [1.807, 2.05) is 0 Å². The van der Waals surface area contributed by atoms with Crippen LogP contribution in [0.15, 0.2) is 18.2 Å². The standard InChI is InChI=1S/C13H15NO3S/c1-3-7-18-8-6-14-13(16)10-4-5-12(17-2)11(15)9-10/h1,4-5,9,15H,6-8H2,2H3,(H,14,16). The maximum absolute atomic E-state index is 11.7. The first-order valence-corrected chi connectivity index (χ1v) is 6.51. The normalized spacial score (nSPS) is 9.56. The summed E-state index contributed by atoms with van der Waals surface area (Å²) in [4.78, 5) is 11.7. The molecule has 0 aliphatic heterocycles. The summed E-state index contributed by atoms with van der Waals surface area (Å²) < 4.78 is 4.90. The number of carbonyl (C=O) groups is 1. The van der Waals surface area contributed by atoms with Gasteiger partial charge in [-0.15, -0.1) is 18.2 Å². The number of carbonyl (C=O) groups excluding carboxylic acids is 1. The van der Waals surface area contributed by atoms with Gasteiger partial charge in [-0.05, 0) is 18.2 Å². The Bertz CT molecular complexity index is 454. The van der Waals surface area contributed by atoms with Crippen molar-refractivity contribution in [2.45, 2.75) is 0 Å². The summed E-state index contributed by atoms with van der Waals surface area (Å²) in [6.07, 6.45) is 5.11. The molecule has 0 aromatic heterocycles. The van der Waals surface area contributed by atoms with E-state index < -0.39 is 0 Å². The van der Waals surface area contributed by atoms with Crippen molar-refractivity contribution in [2.24, 2.45) is 0 Å². The largest absolute Gasteiger partial charge is 0.504 e. The van der Waals surface area contributed by atoms with Crippen LogP contribution in [0.2, 0.25) is 0 Å². The number of rotatable bonds is 6. The second kappa shape index (κ2) is 7.51. The zero-order valence-electron chi connectivity index (χ0n) is 10.1. The maximum Gasteiger partial charge on any atom is 0.251 e. The Morgan fingerprint density at radius 2 is 2.39 bits per heavy atom. The highest BCUT2D eigenvalue weighted by Crippen LogP contribution is 2.25. The summed E-state index contributed by atoms with van der Waals surface area (Å²) in [5.74, 6) is 3.98.